The first kappa shape index (κ1) is 18.0. The van der Waals surface area contributed by atoms with Crippen molar-refractivity contribution in [3.63, 3.8) is 0 Å². The Labute approximate surface area is 150 Å². The second-order valence-corrected chi connectivity index (χ2v) is 6.59. The van der Waals surface area contributed by atoms with Crippen molar-refractivity contribution in [3.05, 3.63) is 0 Å². The summed E-state index contributed by atoms with van der Waals surface area (Å²) in [4.78, 5) is 27.6. The molecule has 0 aliphatic carbocycles. The molecule has 11 heteroatoms. The summed E-state index contributed by atoms with van der Waals surface area (Å²) in [5.74, 6) is -0.157. The van der Waals surface area contributed by atoms with Gasteiger partial charge in [0, 0.05) is 25.6 Å². The van der Waals surface area contributed by atoms with E-state index in [1.165, 1.54) is 4.90 Å². The van der Waals surface area contributed by atoms with E-state index in [-0.39, 0.29) is 47.9 Å². The molecule has 0 aromatic heterocycles. The van der Waals surface area contributed by atoms with Crippen LogP contribution in [-0.4, -0.2) is 71.5 Å². The molecule has 0 aromatic rings. The number of likely N-dealkylation sites (tertiary alicyclic amines) is 1. The van der Waals surface area contributed by atoms with E-state index in [2.05, 4.69) is 4.28 Å². The van der Waals surface area contributed by atoms with E-state index in [4.69, 9.17) is 0 Å². The fourth-order valence-corrected chi connectivity index (χ4v) is 3.91. The Kier molecular flexibility index (Phi) is 5.10. The molecule has 3 atom stereocenters. The molecular formula is C11H16N3NaO6S. The quantitative estimate of drug-likeness (QED) is 0.294. The Morgan fingerprint density at radius 2 is 2.00 bits per heavy atom. The predicted molar refractivity (Wildman–Crippen MR) is 67.3 cm³/mol. The summed E-state index contributed by atoms with van der Waals surface area (Å²) >= 11 is 0. The van der Waals surface area contributed by atoms with Crippen LogP contribution in [0.1, 0.15) is 19.8 Å². The maximum atomic E-state index is 12.3. The van der Waals surface area contributed by atoms with Crippen LogP contribution in [0.5, 0.6) is 0 Å². The van der Waals surface area contributed by atoms with Gasteiger partial charge in [-0.2, -0.15) is 9.35 Å². The molecule has 0 spiro atoms. The van der Waals surface area contributed by atoms with Crippen LogP contribution >= 0.6 is 0 Å². The molecule has 3 amide bonds. The Morgan fingerprint density at radius 3 is 2.59 bits per heavy atom. The molecule has 3 aliphatic heterocycles. The van der Waals surface area contributed by atoms with Gasteiger partial charge in [0.2, 0.25) is 16.3 Å². The van der Waals surface area contributed by atoms with E-state index < -0.39 is 28.5 Å². The molecule has 0 saturated carbocycles. The minimum Gasteiger partial charge on any atom is -0.724 e. The van der Waals surface area contributed by atoms with Gasteiger partial charge < -0.3 is 14.4 Å². The van der Waals surface area contributed by atoms with Gasteiger partial charge >= 0.3 is 35.6 Å². The van der Waals surface area contributed by atoms with Crippen molar-refractivity contribution in [2.75, 3.05) is 19.6 Å². The van der Waals surface area contributed by atoms with Crippen molar-refractivity contribution in [3.8, 4) is 0 Å². The Balaban J connectivity index is 0.00000176. The summed E-state index contributed by atoms with van der Waals surface area (Å²) in [6.45, 7) is 3.38. The van der Waals surface area contributed by atoms with Crippen LogP contribution in [0.15, 0.2) is 0 Å². The summed E-state index contributed by atoms with van der Waals surface area (Å²) in [6.07, 6.45) is 1.29. The molecule has 0 unspecified atom stereocenters. The van der Waals surface area contributed by atoms with Gasteiger partial charge in [0.1, 0.15) is 6.04 Å². The van der Waals surface area contributed by atoms with E-state index in [1.807, 2.05) is 6.92 Å². The van der Waals surface area contributed by atoms with E-state index in [0.29, 0.717) is 24.6 Å². The smallest absolute Gasteiger partial charge is 0.724 e. The van der Waals surface area contributed by atoms with E-state index in [9.17, 15) is 22.6 Å². The molecule has 0 radical (unpaired) electrons. The average molecular weight is 341 g/mol. The van der Waals surface area contributed by atoms with Gasteiger partial charge in [-0.05, 0) is 12.8 Å². The van der Waals surface area contributed by atoms with Gasteiger partial charge in [0.15, 0.2) is 0 Å². The number of fused-ring (bicyclic) bond motifs is 4. The van der Waals surface area contributed by atoms with Gasteiger partial charge in [0.05, 0.1) is 6.04 Å². The molecule has 3 fully saturated rings. The van der Waals surface area contributed by atoms with Crippen molar-refractivity contribution in [1.29, 1.82) is 0 Å². The van der Waals surface area contributed by atoms with Crippen LogP contribution in [0.25, 0.3) is 0 Å². The second-order valence-electron chi connectivity index (χ2n) is 5.62. The Bertz CT molecular complexity index is 584. The van der Waals surface area contributed by atoms with Crippen molar-refractivity contribution in [2.24, 2.45) is 5.92 Å². The molecule has 2 bridgehead atoms. The number of nitrogens with zero attached hydrogens (tertiary/aromatic N) is 3. The molecule has 3 heterocycles. The van der Waals surface area contributed by atoms with Crippen molar-refractivity contribution in [2.45, 2.75) is 31.8 Å². The van der Waals surface area contributed by atoms with Crippen LogP contribution in [0.2, 0.25) is 0 Å². The number of urea groups is 1. The Hall–Kier alpha value is -0.390. The number of carbonyl (C=O) groups excluding carboxylic acids is 2. The topological polar surface area (TPSA) is 110 Å². The maximum Gasteiger partial charge on any atom is 1.00 e. The second kappa shape index (κ2) is 6.25. The summed E-state index contributed by atoms with van der Waals surface area (Å²) in [7, 11) is -5.00. The van der Waals surface area contributed by atoms with Crippen LogP contribution in [0, 0.1) is 5.92 Å². The molecule has 0 aromatic carbocycles. The number of hydroxylamine groups is 2. The van der Waals surface area contributed by atoms with E-state index in [1.54, 1.807) is 4.90 Å². The van der Waals surface area contributed by atoms with Crippen LogP contribution < -0.4 is 29.6 Å². The zero-order valence-electron chi connectivity index (χ0n) is 12.5. The third kappa shape index (κ3) is 3.00. The van der Waals surface area contributed by atoms with Gasteiger partial charge in [-0.1, -0.05) is 6.92 Å². The molecule has 9 nitrogen and oxygen atoms in total. The molecule has 118 valence electrons. The van der Waals surface area contributed by atoms with Gasteiger partial charge in [-0.25, -0.2) is 13.2 Å². The number of rotatable bonds is 4. The number of carbonyl (C=O) groups is 2. The first-order chi connectivity index (χ1) is 9.81. The fraction of sp³-hybridized carbons (Fsp3) is 0.818. The zero-order chi connectivity index (χ0) is 15.4. The summed E-state index contributed by atoms with van der Waals surface area (Å²) in [5, 5.41) is 0.609. The maximum absolute atomic E-state index is 12.3. The molecule has 3 rings (SSSR count). The number of piperidine rings is 1. The Morgan fingerprint density at radius 1 is 1.32 bits per heavy atom. The molecule has 3 saturated heterocycles. The molecule has 3 aliphatic rings. The van der Waals surface area contributed by atoms with Crippen molar-refractivity contribution < 1.29 is 56.4 Å². The van der Waals surface area contributed by atoms with Crippen LogP contribution in [0.4, 0.5) is 4.79 Å². The molecule has 22 heavy (non-hydrogen) atoms. The summed E-state index contributed by atoms with van der Waals surface area (Å²) in [5.41, 5.74) is 0. The van der Waals surface area contributed by atoms with E-state index in [0.717, 1.165) is 6.42 Å². The third-order valence-electron chi connectivity index (χ3n) is 4.22. The monoisotopic (exact) mass is 341 g/mol. The third-order valence-corrected chi connectivity index (χ3v) is 4.56. The fourth-order valence-electron chi connectivity index (χ4n) is 3.53. The SMILES string of the molecule is CCCN1C[C@@H]2C[C@@H]3CN(C(=O)N3OS(=O)(=O)[O-])[C@@H]2C1=O.[Na+]. The number of hydrogen-bond donors (Lipinski definition) is 0. The first-order valence-corrected chi connectivity index (χ1v) is 8.19. The summed E-state index contributed by atoms with van der Waals surface area (Å²) < 4.78 is 36.3. The van der Waals surface area contributed by atoms with Gasteiger partial charge in [-0.3, -0.25) is 4.79 Å². The standard InChI is InChI=1S/C11H17N3O6S.Na/c1-2-3-12-5-7-4-8-6-13(9(7)10(12)15)11(16)14(8)20-21(17,18)19;/h7-9H,2-6H2,1H3,(H,17,18,19);/q;+1/p-1/t7-,8+,9-;/m0./s1. The number of hydrogen-bond acceptors (Lipinski definition) is 6. The van der Waals surface area contributed by atoms with Crippen molar-refractivity contribution in [1.82, 2.24) is 14.9 Å². The molecule has 0 N–H and O–H groups in total. The largest absolute Gasteiger partial charge is 1.00 e. The first-order valence-electron chi connectivity index (χ1n) is 6.86. The van der Waals surface area contributed by atoms with Crippen molar-refractivity contribution >= 4 is 22.3 Å². The average Bonchev–Trinajstić information content (AvgIpc) is 2.81. The normalized spacial score (nSPS) is 30.6. The van der Waals surface area contributed by atoms with Crippen LogP contribution in [0.3, 0.4) is 0 Å². The zero-order valence-corrected chi connectivity index (χ0v) is 15.3. The van der Waals surface area contributed by atoms with Gasteiger partial charge in [0.25, 0.3) is 0 Å². The van der Waals surface area contributed by atoms with Gasteiger partial charge in [-0.15, -0.1) is 0 Å². The number of amides is 3. The predicted octanol–water partition coefficient (Wildman–Crippen LogP) is -3.87. The summed E-state index contributed by atoms with van der Waals surface area (Å²) in [6, 6.07) is -1.79. The minimum atomic E-state index is -5.00. The van der Waals surface area contributed by atoms with E-state index >= 15 is 0 Å². The minimum absolute atomic E-state index is 0. The molecular weight excluding hydrogens is 325 g/mol. The van der Waals surface area contributed by atoms with Crippen LogP contribution in [-0.2, 0) is 19.5 Å².